The largest absolute Gasteiger partial charge is 0.398 e. The van der Waals surface area contributed by atoms with Crippen LogP contribution in [0.3, 0.4) is 0 Å². The number of para-hydroxylation sites is 1. The molecule has 0 aliphatic heterocycles. The third-order valence-corrected chi connectivity index (χ3v) is 5.68. The Labute approximate surface area is 141 Å². The molecule has 2 aromatic carbocycles. The molecule has 0 fully saturated rings. The molecule has 0 aromatic heterocycles. The second-order valence-corrected chi connectivity index (χ2v) is 7.81. The van der Waals surface area contributed by atoms with Crippen LogP contribution in [0.25, 0.3) is 0 Å². The first-order chi connectivity index (χ1) is 9.85. The summed E-state index contributed by atoms with van der Waals surface area (Å²) in [5, 5.41) is 0. The highest BCUT2D eigenvalue weighted by Gasteiger charge is 2.18. The van der Waals surface area contributed by atoms with E-state index in [1.54, 1.807) is 30.3 Å². The maximum Gasteiger partial charge on any atom is 0.262 e. The minimum atomic E-state index is -3.70. The first-order valence-corrected chi connectivity index (χ1v) is 9.27. The quantitative estimate of drug-likeness (QED) is 0.711. The van der Waals surface area contributed by atoms with Crippen LogP contribution >= 0.6 is 31.9 Å². The topological polar surface area (TPSA) is 72.2 Å². The fraction of sp³-hybridized carbons (Fsp3) is 0.143. The number of nitrogens with one attached hydrogen (secondary N) is 1. The van der Waals surface area contributed by atoms with E-state index in [2.05, 4.69) is 36.6 Å². The fourth-order valence-corrected chi connectivity index (χ4v) is 4.45. The van der Waals surface area contributed by atoms with E-state index in [0.717, 1.165) is 12.0 Å². The molecule has 0 aliphatic carbocycles. The molecule has 0 saturated carbocycles. The Balaban J connectivity index is 2.41. The predicted molar refractivity (Wildman–Crippen MR) is 92.9 cm³/mol. The van der Waals surface area contributed by atoms with Crippen LogP contribution in [-0.2, 0) is 16.4 Å². The zero-order valence-corrected chi connectivity index (χ0v) is 15.2. The van der Waals surface area contributed by atoms with Gasteiger partial charge in [0.15, 0.2) is 0 Å². The number of benzene rings is 2. The van der Waals surface area contributed by atoms with Crippen molar-refractivity contribution in [2.75, 3.05) is 10.5 Å². The number of sulfonamides is 1. The number of rotatable bonds is 4. The smallest absolute Gasteiger partial charge is 0.262 e. The summed E-state index contributed by atoms with van der Waals surface area (Å²) < 4.78 is 28.8. The van der Waals surface area contributed by atoms with Gasteiger partial charge in [0.05, 0.1) is 10.6 Å². The van der Waals surface area contributed by atoms with Gasteiger partial charge in [0.2, 0.25) is 0 Å². The number of halogens is 2. The van der Waals surface area contributed by atoms with Crippen molar-refractivity contribution in [2.45, 2.75) is 18.2 Å². The van der Waals surface area contributed by atoms with Gasteiger partial charge in [-0.05, 0) is 68.1 Å². The lowest BCUT2D eigenvalue weighted by molar-refractivity contribution is 0.601. The number of hydrogen-bond donors (Lipinski definition) is 2. The van der Waals surface area contributed by atoms with Gasteiger partial charge in [0, 0.05) is 14.6 Å². The molecule has 0 atom stereocenters. The highest BCUT2D eigenvalue weighted by molar-refractivity contribution is 9.11. The van der Waals surface area contributed by atoms with Crippen LogP contribution in [-0.4, -0.2) is 8.42 Å². The average Bonchev–Trinajstić information content (AvgIpc) is 2.43. The zero-order valence-electron chi connectivity index (χ0n) is 11.2. The highest BCUT2D eigenvalue weighted by atomic mass is 79.9. The van der Waals surface area contributed by atoms with E-state index in [4.69, 9.17) is 5.73 Å². The third kappa shape index (κ3) is 3.59. The molecule has 7 heteroatoms. The first-order valence-electron chi connectivity index (χ1n) is 6.20. The number of aryl methyl sites for hydroxylation is 1. The maximum atomic E-state index is 12.4. The van der Waals surface area contributed by atoms with Gasteiger partial charge < -0.3 is 5.73 Å². The van der Waals surface area contributed by atoms with Crippen LogP contribution in [0, 0.1) is 0 Å². The summed E-state index contributed by atoms with van der Waals surface area (Å²) in [4.78, 5) is 0.139. The number of hydrogen-bond acceptors (Lipinski definition) is 3. The van der Waals surface area contributed by atoms with Gasteiger partial charge in [-0.15, -0.1) is 0 Å². The summed E-state index contributed by atoms with van der Waals surface area (Å²) in [6.45, 7) is 1.97. The van der Waals surface area contributed by atoms with E-state index in [0.29, 0.717) is 20.3 Å². The van der Waals surface area contributed by atoms with E-state index < -0.39 is 10.0 Å². The van der Waals surface area contributed by atoms with Crippen molar-refractivity contribution in [1.29, 1.82) is 0 Å². The molecule has 2 rings (SSSR count). The molecule has 0 saturated heterocycles. The van der Waals surface area contributed by atoms with Gasteiger partial charge in [-0.3, -0.25) is 4.72 Å². The lowest BCUT2D eigenvalue weighted by atomic mass is 10.1. The Kier molecular flexibility index (Phi) is 4.95. The molecule has 3 N–H and O–H groups in total. The fourth-order valence-electron chi connectivity index (χ4n) is 1.85. The number of anilines is 2. The van der Waals surface area contributed by atoms with Gasteiger partial charge in [-0.1, -0.05) is 19.1 Å². The summed E-state index contributed by atoms with van der Waals surface area (Å²) in [6.07, 6.45) is 0.759. The average molecular weight is 434 g/mol. The number of nitrogen functional groups attached to an aromatic ring is 1. The molecule has 0 unspecified atom stereocenters. The molecule has 0 aliphatic rings. The minimum Gasteiger partial charge on any atom is -0.398 e. The van der Waals surface area contributed by atoms with E-state index in [-0.39, 0.29) is 4.90 Å². The Morgan fingerprint density at radius 1 is 1.14 bits per heavy atom. The van der Waals surface area contributed by atoms with Crippen LogP contribution in [0.2, 0.25) is 0 Å². The van der Waals surface area contributed by atoms with Gasteiger partial charge in [0.25, 0.3) is 10.0 Å². The number of nitrogens with two attached hydrogens (primary N) is 1. The molecule has 4 nitrogen and oxygen atoms in total. The molecule has 0 radical (unpaired) electrons. The van der Waals surface area contributed by atoms with Crippen molar-refractivity contribution in [3.63, 3.8) is 0 Å². The molecule has 21 heavy (non-hydrogen) atoms. The third-order valence-electron chi connectivity index (χ3n) is 3.01. The standard InChI is InChI=1S/C14H14Br2N2O2S/c1-2-9-6-7-10(8-13(9)17)21(19,20)18-14-11(15)4-3-5-12(14)16/h3-8,18H,2,17H2,1H3. The maximum absolute atomic E-state index is 12.4. The second kappa shape index (κ2) is 6.37. The SMILES string of the molecule is CCc1ccc(S(=O)(=O)Nc2c(Br)cccc2Br)cc1N. The van der Waals surface area contributed by atoms with Crippen molar-refractivity contribution < 1.29 is 8.42 Å². The lowest BCUT2D eigenvalue weighted by Gasteiger charge is -2.12. The molecule has 0 amide bonds. The zero-order chi connectivity index (χ0) is 15.6. The molecule has 0 bridgehead atoms. The summed E-state index contributed by atoms with van der Waals surface area (Å²) in [7, 11) is -3.70. The minimum absolute atomic E-state index is 0.139. The van der Waals surface area contributed by atoms with Gasteiger partial charge in [0.1, 0.15) is 0 Å². The van der Waals surface area contributed by atoms with E-state index in [1.807, 2.05) is 6.92 Å². The predicted octanol–water partition coefficient (Wildman–Crippen LogP) is 4.16. The normalized spacial score (nSPS) is 11.4. The summed E-state index contributed by atoms with van der Waals surface area (Å²) in [5.74, 6) is 0. The summed E-state index contributed by atoms with van der Waals surface area (Å²) in [6, 6.07) is 10.1. The molecule has 112 valence electrons. The lowest BCUT2D eigenvalue weighted by Crippen LogP contribution is -2.14. The molecular weight excluding hydrogens is 420 g/mol. The van der Waals surface area contributed by atoms with Crippen molar-refractivity contribution >= 4 is 53.3 Å². The second-order valence-electron chi connectivity index (χ2n) is 4.42. The van der Waals surface area contributed by atoms with Gasteiger partial charge >= 0.3 is 0 Å². The van der Waals surface area contributed by atoms with Gasteiger partial charge in [-0.2, -0.15) is 0 Å². The first kappa shape index (κ1) is 16.3. The highest BCUT2D eigenvalue weighted by Crippen LogP contribution is 2.32. The Bertz CT molecular complexity index is 756. The van der Waals surface area contributed by atoms with Crippen LogP contribution in [0.1, 0.15) is 12.5 Å². The Hall–Kier alpha value is -1.05. The van der Waals surface area contributed by atoms with E-state index in [9.17, 15) is 8.42 Å². The van der Waals surface area contributed by atoms with E-state index >= 15 is 0 Å². The van der Waals surface area contributed by atoms with Crippen LogP contribution in [0.5, 0.6) is 0 Å². The van der Waals surface area contributed by atoms with Crippen molar-refractivity contribution in [1.82, 2.24) is 0 Å². The summed E-state index contributed by atoms with van der Waals surface area (Å²) >= 11 is 6.66. The molecule has 2 aromatic rings. The van der Waals surface area contributed by atoms with Crippen LogP contribution in [0.15, 0.2) is 50.2 Å². The van der Waals surface area contributed by atoms with Crippen LogP contribution < -0.4 is 10.5 Å². The summed E-state index contributed by atoms with van der Waals surface area (Å²) in [5.41, 5.74) is 7.73. The van der Waals surface area contributed by atoms with E-state index in [1.165, 1.54) is 6.07 Å². The monoisotopic (exact) mass is 432 g/mol. The molecular formula is C14H14Br2N2O2S. The van der Waals surface area contributed by atoms with Crippen molar-refractivity contribution in [3.05, 3.63) is 50.9 Å². The Morgan fingerprint density at radius 2 is 1.76 bits per heavy atom. The Morgan fingerprint density at radius 3 is 2.29 bits per heavy atom. The van der Waals surface area contributed by atoms with Crippen molar-refractivity contribution in [2.24, 2.45) is 0 Å². The molecule has 0 heterocycles. The van der Waals surface area contributed by atoms with Crippen LogP contribution in [0.4, 0.5) is 11.4 Å². The van der Waals surface area contributed by atoms with Crippen molar-refractivity contribution in [3.8, 4) is 0 Å². The molecule has 0 spiro atoms. The van der Waals surface area contributed by atoms with Gasteiger partial charge in [-0.25, -0.2) is 8.42 Å².